The van der Waals surface area contributed by atoms with Crippen LogP contribution in [-0.4, -0.2) is 35.6 Å². The van der Waals surface area contributed by atoms with Gasteiger partial charge in [-0.05, 0) is 50.4 Å². The molecule has 1 aromatic heterocycles. The van der Waals surface area contributed by atoms with Crippen LogP contribution >= 0.6 is 0 Å². The highest BCUT2D eigenvalue weighted by Crippen LogP contribution is 2.14. The van der Waals surface area contributed by atoms with Crippen molar-refractivity contribution in [1.29, 1.82) is 0 Å². The fourth-order valence-electron chi connectivity index (χ4n) is 2.95. The first-order chi connectivity index (χ1) is 9.72. The van der Waals surface area contributed by atoms with E-state index in [0.29, 0.717) is 6.04 Å². The predicted octanol–water partition coefficient (Wildman–Crippen LogP) is 2.42. The molecule has 4 heteroatoms. The normalized spacial score (nSPS) is 17.4. The largest absolute Gasteiger partial charge is 0.368 e. The average molecular weight is 271 g/mol. The van der Waals surface area contributed by atoms with Gasteiger partial charge >= 0.3 is 0 Å². The fourth-order valence-corrected chi connectivity index (χ4v) is 2.95. The number of hydrogen-bond acceptors (Lipinski definition) is 3. The molecular formula is C16H21N3O. The number of H-pyrrole nitrogens is 1. The van der Waals surface area contributed by atoms with Crippen LogP contribution in [0.1, 0.15) is 19.8 Å². The van der Waals surface area contributed by atoms with Crippen LogP contribution in [0.25, 0.3) is 10.8 Å². The van der Waals surface area contributed by atoms with E-state index < -0.39 is 0 Å². The lowest BCUT2D eigenvalue weighted by molar-refractivity contribution is 0.327. The molecule has 0 saturated carbocycles. The van der Waals surface area contributed by atoms with Gasteiger partial charge in [-0.15, -0.1) is 0 Å². The van der Waals surface area contributed by atoms with Gasteiger partial charge < -0.3 is 15.2 Å². The van der Waals surface area contributed by atoms with E-state index in [1.807, 2.05) is 30.3 Å². The van der Waals surface area contributed by atoms with Gasteiger partial charge in [-0.1, -0.05) is 18.2 Å². The van der Waals surface area contributed by atoms with Gasteiger partial charge in [-0.25, -0.2) is 0 Å². The molecule has 1 saturated heterocycles. The highest BCUT2D eigenvalue weighted by atomic mass is 16.1. The molecule has 1 aliphatic rings. The van der Waals surface area contributed by atoms with Crippen molar-refractivity contribution in [1.82, 2.24) is 9.88 Å². The summed E-state index contributed by atoms with van der Waals surface area (Å²) in [5.74, 6) is 0.806. The molecule has 1 aliphatic heterocycles. The molecule has 0 bridgehead atoms. The van der Waals surface area contributed by atoms with E-state index in [4.69, 9.17) is 0 Å². The maximum Gasteiger partial charge on any atom is 0.257 e. The summed E-state index contributed by atoms with van der Waals surface area (Å²) in [4.78, 5) is 17.4. The first kappa shape index (κ1) is 13.2. The van der Waals surface area contributed by atoms with Crippen LogP contribution < -0.4 is 10.9 Å². The molecule has 1 atom stereocenters. The Hall–Kier alpha value is -1.81. The summed E-state index contributed by atoms with van der Waals surface area (Å²) in [5.41, 5.74) is -0.0287. The molecule has 1 fully saturated rings. The molecule has 3 rings (SSSR count). The first-order valence-electron chi connectivity index (χ1n) is 7.33. The van der Waals surface area contributed by atoms with Crippen LogP contribution in [0.3, 0.4) is 0 Å². The number of fused-ring (bicyclic) bond motifs is 1. The number of hydrogen-bond donors (Lipinski definition) is 2. The second kappa shape index (κ2) is 5.67. The van der Waals surface area contributed by atoms with Crippen LogP contribution in [-0.2, 0) is 0 Å². The minimum absolute atomic E-state index is 0.0287. The van der Waals surface area contributed by atoms with Crippen molar-refractivity contribution in [2.75, 3.05) is 25.0 Å². The topological polar surface area (TPSA) is 48.1 Å². The van der Waals surface area contributed by atoms with Crippen LogP contribution in [0, 0.1) is 0 Å². The Kier molecular flexibility index (Phi) is 3.74. The Morgan fingerprint density at radius 3 is 2.85 bits per heavy atom. The lowest BCUT2D eigenvalue weighted by Gasteiger charge is -2.22. The van der Waals surface area contributed by atoms with E-state index in [1.165, 1.54) is 25.9 Å². The number of anilines is 1. The Balaban J connectivity index is 1.75. The lowest BCUT2D eigenvalue weighted by Crippen LogP contribution is -2.33. The summed E-state index contributed by atoms with van der Waals surface area (Å²) < 4.78 is 0. The van der Waals surface area contributed by atoms with E-state index in [-0.39, 0.29) is 5.56 Å². The Bertz CT molecular complexity index is 643. The third-order valence-corrected chi connectivity index (χ3v) is 3.89. The van der Waals surface area contributed by atoms with Gasteiger partial charge in [0.15, 0.2) is 0 Å². The second-order valence-electron chi connectivity index (χ2n) is 5.65. The highest BCUT2D eigenvalue weighted by molar-refractivity contribution is 5.83. The molecule has 106 valence electrons. The number of nitrogens with one attached hydrogen (secondary N) is 2. The van der Waals surface area contributed by atoms with Crippen molar-refractivity contribution >= 4 is 16.6 Å². The molecule has 4 nitrogen and oxygen atoms in total. The van der Waals surface area contributed by atoms with Crippen molar-refractivity contribution in [2.24, 2.45) is 0 Å². The van der Waals surface area contributed by atoms with E-state index in [1.54, 1.807) is 0 Å². The lowest BCUT2D eigenvalue weighted by atomic mass is 10.2. The number of pyridine rings is 1. The Morgan fingerprint density at radius 2 is 2.05 bits per heavy atom. The summed E-state index contributed by atoms with van der Waals surface area (Å²) in [6, 6.07) is 10.0. The number of rotatable bonds is 4. The third kappa shape index (κ3) is 2.85. The summed E-state index contributed by atoms with van der Waals surface area (Å²) >= 11 is 0. The fraction of sp³-hybridized carbons (Fsp3) is 0.438. The SMILES string of the molecule is CC(CN1CCCC1)Nc1cc2ccccc2c(=O)[nH]1. The maximum absolute atomic E-state index is 12.0. The molecule has 2 aromatic rings. The van der Waals surface area contributed by atoms with Gasteiger partial charge in [-0.2, -0.15) is 0 Å². The summed E-state index contributed by atoms with van der Waals surface area (Å²) in [6.45, 7) is 5.57. The maximum atomic E-state index is 12.0. The first-order valence-corrected chi connectivity index (χ1v) is 7.33. The number of nitrogens with zero attached hydrogens (tertiary/aromatic N) is 1. The number of aromatic amines is 1. The summed E-state index contributed by atoms with van der Waals surface area (Å²) in [5, 5.41) is 5.12. The number of likely N-dealkylation sites (tertiary alicyclic amines) is 1. The number of benzene rings is 1. The minimum atomic E-state index is -0.0287. The van der Waals surface area contributed by atoms with Gasteiger partial charge in [0.25, 0.3) is 5.56 Å². The van der Waals surface area contributed by atoms with Gasteiger partial charge in [0, 0.05) is 18.0 Å². The zero-order chi connectivity index (χ0) is 13.9. The smallest absolute Gasteiger partial charge is 0.257 e. The quantitative estimate of drug-likeness (QED) is 0.898. The van der Waals surface area contributed by atoms with E-state index >= 15 is 0 Å². The Morgan fingerprint density at radius 1 is 1.30 bits per heavy atom. The van der Waals surface area contributed by atoms with Crippen molar-refractivity contribution in [3.63, 3.8) is 0 Å². The minimum Gasteiger partial charge on any atom is -0.368 e. The van der Waals surface area contributed by atoms with Crippen LogP contribution in [0.5, 0.6) is 0 Å². The van der Waals surface area contributed by atoms with Crippen molar-refractivity contribution < 1.29 is 0 Å². The molecule has 0 aliphatic carbocycles. The van der Waals surface area contributed by atoms with Crippen molar-refractivity contribution in [3.8, 4) is 0 Å². The van der Waals surface area contributed by atoms with E-state index in [2.05, 4.69) is 22.1 Å². The molecule has 20 heavy (non-hydrogen) atoms. The van der Waals surface area contributed by atoms with E-state index in [9.17, 15) is 4.79 Å². The molecule has 0 amide bonds. The van der Waals surface area contributed by atoms with E-state index in [0.717, 1.165) is 23.1 Å². The van der Waals surface area contributed by atoms with Crippen molar-refractivity contribution in [2.45, 2.75) is 25.8 Å². The zero-order valence-electron chi connectivity index (χ0n) is 11.9. The Labute approximate surface area is 118 Å². The monoisotopic (exact) mass is 271 g/mol. The number of aromatic nitrogens is 1. The second-order valence-corrected chi connectivity index (χ2v) is 5.65. The molecule has 2 heterocycles. The molecule has 0 radical (unpaired) electrons. The summed E-state index contributed by atoms with van der Waals surface area (Å²) in [6.07, 6.45) is 2.61. The molecule has 0 spiro atoms. The molecule has 1 aromatic carbocycles. The van der Waals surface area contributed by atoms with Crippen molar-refractivity contribution in [3.05, 3.63) is 40.7 Å². The van der Waals surface area contributed by atoms with Gasteiger partial charge in [-0.3, -0.25) is 4.79 Å². The molecular weight excluding hydrogens is 250 g/mol. The molecule has 2 N–H and O–H groups in total. The zero-order valence-corrected chi connectivity index (χ0v) is 11.9. The van der Waals surface area contributed by atoms with Crippen LogP contribution in [0.4, 0.5) is 5.82 Å². The predicted molar refractivity (Wildman–Crippen MR) is 83.3 cm³/mol. The average Bonchev–Trinajstić information content (AvgIpc) is 2.91. The van der Waals surface area contributed by atoms with Crippen LogP contribution in [0.2, 0.25) is 0 Å². The molecule has 1 unspecified atom stereocenters. The standard InChI is InChI=1S/C16H21N3O/c1-12(11-19-8-4-5-9-19)17-15-10-13-6-2-3-7-14(13)16(20)18-15/h2-3,6-7,10,12H,4-5,8-9,11H2,1H3,(H2,17,18,20). The summed E-state index contributed by atoms with van der Waals surface area (Å²) in [7, 11) is 0. The third-order valence-electron chi connectivity index (χ3n) is 3.89. The highest BCUT2D eigenvalue weighted by Gasteiger charge is 2.14. The van der Waals surface area contributed by atoms with Crippen LogP contribution in [0.15, 0.2) is 35.1 Å². The van der Waals surface area contributed by atoms with Gasteiger partial charge in [0.05, 0.1) is 0 Å². The van der Waals surface area contributed by atoms with Gasteiger partial charge in [0.1, 0.15) is 5.82 Å². The van der Waals surface area contributed by atoms with Gasteiger partial charge in [0.2, 0.25) is 0 Å².